The van der Waals surface area contributed by atoms with E-state index in [9.17, 15) is 9.59 Å². The average Bonchev–Trinajstić information content (AvgIpc) is 2.64. The molecule has 1 aliphatic heterocycles. The van der Waals surface area contributed by atoms with E-state index in [1.54, 1.807) is 29.2 Å². The Kier molecular flexibility index (Phi) is 5.62. The molecule has 0 spiro atoms. The number of urea groups is 1. The molecule has 1 atom stereocenters. The number of piperidine rings is 1. The summed E-state index contributed by atoms with van der Waals surface area (Å²) >= 11 is 6.00. The molecular formula is C21H23ClN2O2. The topological polar surface area (TPSA) is 49.4 Å². The second-order valence-corrected chi connectivity index (χ2v) is 7.29. The number of carbonyl (C=O) groups is 2. The number of hydrogen-bond acceptors (Lipinski definition) is 2. The molecule has 26 heavy (non-hydrogen) atoms. The van der Waals surface area contributed by atoms with Gasteiger partial charge in [-0.05, 0) is 49.9 Å². The van der Waals surface area contributed by atoms with Crippen LogP contribution >= 0.6 is 11.6 Å². The first-order chi connectivity index (χ1) is 12.5. The molecule has 1 N–H and O–H groups in total. The van der Waals surface area contributed by atoms with Crippen molar-refractivity contribution in [1.82, 2.24) is 4.90 Å². The van der Waals surface area contributed by atoms with Crippen LogP contribution in [0.1, 0.15) is 34.3 Å². The lowest BCUT2D eigenvalue weighted by atomic mass is 9.90. The van der Waals surface area contributed by atoms with E-state index < -0.39 is 0 Å². The van der Waals surface area contributed by atoms with Gasteiger partial charge in [-0.25, -0.2) is 4.79 Å². The number of ketones is 1. The molecule has 0 bridgehead atoms. The zero-order chi connectivity index (χ0) is 18.7. The van der Waals surface area contributed by atoms with Gasteiger partial charge < -0.3 is 10.2 Å². The molecule has 1 unspecified atom stereocenters. The highest BCUT2D eigenvalue weighted by Gasteiger charge is 2.29. The Morgan fingerprint density at radius 3 is 2.50 bits per heavy atom. The zero-order valence-electron chi connectivity index (χ0n) is 15.1. The quantitative estimate of drug-likeness (QED) is 0.765. The fourth-order valence-electron chi connectivity index (χ4n) is 3.45. The molecule has 1 saturated heterocycles. The number of Topliss-reactive ketones (excluding diaryl/α,β-unsaturated/α-hetero) is 1. The summed E-state index contributed by atoms with van der Waals surface area (Å²) in [5.74, 6) is -0.136. The van der Waals surface area contributed by atoms with Crippen LogP contribution in [-0.2, 0) is 0 Å². The third-order valence-electron chi connectivity index (χ3n) is 4.90. The monoisotopic (exact) mass is 370 g/mol. The third kappa shape index (κ3) is 4.07. The molecule has 2 aromatic carbocycles. The van der Waals surface area contributed by atoms with Crippen LogP contribution in [0.15, 0.2) is 42.5 Å². The summed E-state index contributed by atoms with van der Waals surface area (Å²) in [5.41, 5.74) is 3.52. The highest BCUT2D eigenvalue weighted by atomic mass is 35.5. The van der Waals surface area contributed by atoms with Gasteiger partial charge in [0.05, 0.1) is 0 Å². The Morgan fingerprint density at radius 2 is 1.81 bits per heavy atom. The predicted octanol–water partition coefficient (Wildman–Crippen LogP) is 5.08. The molecule has 2 aromatic rings. The van der Waals surface area contributed by atoms with E-state index in [1.807, 2.05) is 32.0 Å². The molecule has 136 valence electrons. The number of nitrogens with one attached hydrogen (secondary N) is 1. The number of carbonyl (C=O) groups excluding carboxylic acids is 2. The number of likely N-dealkylation sites (tertiary alicyclic amines) is 1. The van der Waals surface area contributed by atoms with Crippen LogP contribution in [0.3, 0.4) is 0 Å². The van der Waals surface area contributed by atoms with Gasteiger partial charge in [0.25, 0.3) is 0 Å². The van der Waals surface area contributed by atoms with Crippen molar-refractivity contribution in [2.24, 2.45) is 5.92 Å². The van der Waals surface area contributed by atoms with Gasteiger partial charge in [0.15, 0.2) is 5.78 Å². The largest absolute Gasteiger partial charge is 0.324 e. The molecule has 5 heteroatoms. The van der Waals surface area contributed by atoms with E-state index in [0.717, 1.165) is 29.7 Å². The highest BCUT2D eigenvalue weighted by molar-refractivity contribution is 6.31. The molecule has 3 rings (SSSR count). The zero-order valence-corrected chi connectivity index (χ0v) is 15.8. The van der Waals surface area contributed by atoms with Crippen LogP contribution in [0.25, 0.3) is 0 Å². The van der Waals surface area contributed by atoms with Crippen LogP contribution in [-0.4, -0.2) is 29.8 Å². The molecule has 0 aliphatic carbocycles. The first-order valence-electron chi connectivity index (χ1n) is 8.87. The number of nitrogens with zero attached hydrogens (tertiary/aromatic N) is 1. The van der Waals surface area contributed by atoms with E-state index in [4.69, 9.17) is 11.6 Å². The molecule has 4 nitrogen and oxygen atoms in total. The number of halogens is 1. The van der Waals surface area contributed by atoms with Crippen molar-refractivity contribution in [3.63, 3.8) is 0 Å². The van der Waals surface area contributed by atoms with Crippen molar-refractivity contribution in [3.8, 4) is 0 Å². The molecule has 0 radical (unpaired) electrons. The average molecular weight is 371 g/mol. The van der Waals surface area contributed by atoms with Crippen molar-refractivity contribution < 1.29 is 9.59 Å². The van der Waals surface area contributed by atoms with Crippen molar-refractivity contribution in [1.29, 1.82) is 0 Å². The standard InChI is InChI=1S/C21H23ClN2O2/c1-14-6-3-7-15(2)19(14)23-21(26)24-11-5-9-17(13-24)20(25)16-8-4-10-18(22)12-16/h3-4,6-8,10,12,17H,5,9,11,13H2,1-2H3,(H,23,26). The van der Waals surface area contributed by atoms with Gasteiger partial charge in [-0.1, -0.05) is 41.9 Å². The van der Waals surface area contributed by atoms with Crippen molar-refractivity contribution >= 4 is 29.1 Å². The van der Waals surface area contributed by atoms with E-state index in [2.05, 4.69) is 5.32 Å². The minimum atomic E-state index is -0.189. The number of para-hydroxylation sites is 1. The van der Waals surface area contributed by atoms with E-state index in [0.29, 0.717) is 23.7 Å². The number of amides is 2. The second kappa shape index (κ2) is 7.92. The molecule has 0 aromatic heterocycles. The van der Waals surface area contributed by atoms with Crippen LogP contribution in [0.5, 0.6) is 0 Å². The Hall–Kier alpha value is -2.33. The van der Waals surface area contributed by atoms with Crippen LogP contribution in [0.4, 0.5) is 10.5 Å². The molecule has 1 heterocycles. The van der Waals surface area contributed by atoms with Crippen LogP contribution < -0.4 is 5.32 Å². The summed E-state index contributed by atoms with van der Waals surface area (Å²) in [4.78, 5) is 27.2. The second-order valence-electron chi connectivity index (χ2n) is 6.86. The lowest BCUT2D eigenvalue weighted by molar-refractivity contribution is 0.0851. The van der Waals surface area contributed by atoms with Crippen molar-refractivity contribution in [2.45, 2.75) is 26.7 Å². The lowest BCUT2D eigenvalue weighted by Gasteiger charge is -2.32. The predicted molar refractivity (Wildman–Crippen MR) is 105 cm³/mol. The number of aryl methyl sites for hydroxylation is 2. The van der Waals surface area contributed by atoms with Crippen LogP contribution in [0.2, 0.25) is 5.02 Å². The maximum Gasteiger partial charge on any atom is 0.321 e. The Morgan fingerprint density at radius 1 is 1.12 bits per heavy atom. The fraction of sp³-hybridized carbons (Fsp3) is 0.333. The summed E-state index contributed by atoms with van der Waals surface area (Å²) in [6.07, 6.45) is 1.61. The number of benzene rings is 2. The normalized spacial score (nSPS) is 17.0. The number of hydrogen-bond donors (Lipinski definition) is 1. The van der Waals surface area contributed by atoms with E-state index in [1.165, 1.54) is 0 Å². The molecule has 2 amide bonds. The fourth-order valence-corrected chi connectivity index (χ4v) is 3.64. The van der Waals surface area contributed by atoms with Gasteiger partial charge in [0, 0.05) is 35.3 Å². The summed E-state index contributed by atoms with van der Waals surface area (Å²) in [6.45, 7) is 5.05. The molecule has 0 saturated carbocycles. The van der Waals surface area contributed by atoms with E-state index in [-0.39, 0.29) is 17.7 Å². The Balaban J connectivity index is 1.70. The summed E-state index contributed by atoms with van der Waals surface area (Å²) in [6, 6.07) is 12.8. The summed E-state index contributed by atoms with van der Waals surface area (Å²) < 4.78 is 0. The van der Waals surface area contributed by atoms with Gasteiger partial charge in [-0.15, -0.1) is 0 Å². The third-order valence-corrected chi connectivity index (χ3v) is 5.14. The molecule has 1 aliphatic rings. The van der Waals surface area contributed by atoms with Crippen LogP contribution in [0, 0.1) is 19.8 Å². The smallest absolute Gasteiger partial charge is 0.321 e. The minimum Gasteiger partial charge on any atom is -0.324 e. The first kappa shape index (κ1) is 18.5. The van der Waals surface area contributed by atoms with E-state index >= 15 is 0 Å². The summed E-state index contributed by atoms with van der Waals surface area (Å²) in [5, 5.41) is 3.56. The Labute approximate surface area is 159 Å². The minimum absolute atomic E-state index is 0.0528. The summed E-state index contributed by atoms with van der Waals surface area (Å²) in [7, 11) is 0. The maximum atomic E-state index is 12.8. The van der Waals surface area contributed by atoms with Crippen molar-refractivity contribution in [2.75, 3.05) is 18.4 Å². The SMILES string of the molecule is Cc1cccc(C)c1NC(=O)N1CCCC(C(=O)c2cccc(Cl)c2)C1. The molecule has 1 fully saturated rings. The first-order valence-corrected chi connectivity index (χ1v) is 9.25. The number of rotatable bonds is 3. The van der Waals surface area contributed by atoms with Gasteiger partial charge in [-0.2, -0.15) is 0 Å². The van der Waals surface area contributed by atoms with Gasteiger partial charge >= 0.3 is 6.03 Å². The molecular weight excluding hydrogens is 348 g/mol. The Bertz CT molecular complexity index is 814. The number of anilines is 1. The lowest BCUT2D eigenvalue weighted by Crippen LogP contribution is -2.44. The highest BCUT2D eigenvalue weighted by Crippen LogP contribution is 2.24. The van der Waals surface area contributed by atoms with Gasteiger partial charge in [0.1, 0.15) is 0 Å². The van der Waals surface area contributed by atoms with Gasteiger partial charge in [0.2, 0.25) is 0 Å². The van der Waals surface area contributed by atoms with Crippen molar-refractivity contribution in [3.05, 3.63) is 64.2 Å². The maximum absolute atomic E-state index is 12.8. The van der Waals surface area contributed by atoms with Gasteiger partial charge in [-0.3, -0.25) is 4.79 Å².